The van der Waals surface area contributed by atoms with Crippen molar-refractivity contribution < 1.29 is 8.42 Å². The topological polar surface area (TPSA) is 58.4 Å². The number of rotatable bonds is 4. The molecule has 18 heavy (non-hydrogen) atoms. The highest BCUT2D eigenvalue weighted by atomic mass is 35.5. The lowest BCUT2D eigenvalue weighted by atomic mass is 10.4. The summed E-state index contributed by atoms with van der Waals surface area (Å²) in [6.07, 6.45) is 1.50. The molecule has 1 aliphatic rings. The summed E-state index contributed by atoms with van der Waals surface area (Å²) in [6.45, 7) is 3.27. The number of nitrogens with zero attached hydrogens (tertiary/aromatic N) is 4. The Balaban J connectivity index is 2.08. The number of sulfonamides is 1. The van der Waals surface area contributed by atoms with Gasteiger partial charge in [-0.05, 0) is 6.07 Å². The maximum atomic E-state index is 12.4. The molecule has 1 aromatic rings. The molecule has 0 aliphatic carbocycles. The van der Waals surface area contributed by atoms with E-state index in [1.807, 2.05) is 0 Å². The molecule has 8 heteroatoms. The summed E-state index contributed by atoms with van der Waals surface area (Å²) < 4.78 is 27.6. The van der Waals surface area contributed by atoms with Gasteiger partial charge in [-0.15, -0.1) is 11.6 Å². The van der Waals surface area contributed by atoms with Crippen molar-refractivity contribution >= 4 is 21.6 Å². The van der Waals surface area contributed by atoms with Crippen LogP contribution in [0.5, 0.6) is 0 Å². The standard InChI is InChI=1S/C10H17ClN4O2S/c1-13-10(2-4-12-13)18(16,17)15-8-6-14(5-3-11)7-9-15/h2,4H,3,5-9H2,1H3. The fraction of sp³-hybridized carbons (Fsp3) is 0.700. The van der Waals surface area contributed by atoms with E-state index < -0.39 is 10.0 Å². The zero-order valence-corrected chi connectivity index (χ0v) is 11.9. The molecule has 0 aromatic carbocycles. The number of piperazine rings is 1. The number of alkyl halides is 1. The summed E-state index contributed by atoms with van der Waals surface area (Å²) >= 11 is 5.68. The van der Waals surface area contributed by atoms with Crippen molar-refractivity contribution in [1.82, 2.24) is 19.0 Å². The molecule has 102 valence electrons. The fourth-order valence-corrected chi connectivity index (χ4v) is 3.82. The third kappa shape index (κ3) is 2.69. The van der Waals surface area contributed by atoms with Crippen molar-refractivity contribution in [1.29, 1.82) is 0 Å². The van der Waals surface area contributed by atoms with Gasteiger partial charge in [-0.2, -0.15) is 9.40 Å². The fourth-order valence-electron chi connectivity index (χ4n) is 2.06. The third-order valence-electron chi connectivity index (χ3n) is 3.11. The van der Waals surface area contributed by atoms with Crippen LogP contribution in [-0.2, 0) is 17.1 Å². The first-order chi connectivity index (χ1) is 8.55. The Morgan fingerprint density at radius 1 is 1.33 bits per heavy atom. The van der Waals surface area contributed by atoms with Crippen LogP contribution in [0.25, 0.3) is 0 Å². The molecule has 1 fully saturated rings. The summed E-state index contributed by atoms with van der Waals surface area (Å²) in [6, 6.07) is 1.53. The van der Waals surface area contributed by atoms with Crippen LogP contribution in [0, 0.1) is 0 Å². The zero-order valence-electron chi connectivity index (χ0n) is 10.3. The highest BCUT2D eigenvalue weighted by Gasteiger charge is 2.30. The number of hydrogen-bond donors (Lipinski definition) is 0. The van der Waals surface area contributed by atoms with Gasteiger partial charge in [-0.1, -0.05) is 0 Å². The number of aryl methyl sites for hydroxylation is 1. The van der Waals surface area contributed by atoms with Crippen LogP contribution in [0.1, 0.15) is 0 Å². The molecule has 0 bridgehead atoms. The Morgan fingerprint density at radius 2 is 2.00 bits per heavy atom. The van der Waals surface area contributed by atoms with Gasteiger partial charge in [0.15, 0.2) is 5.03 Å². The highest BCUT2D eigenvalue weighted by molar-refractivity contribution is 7.89. The predicted octanol–water partition coefficient (Wildman–Crippen LogP) is -0.0348. The molecule has 0 unspecified atom stereocenters. The lowest BCUT2D eigenvalue weighted by molar-refractivity contribution is 0.197. The quantitative estimate of drug-likeness (QED) is 0.731. The lowest BCUT2D eigenvalue weighted by Crippen LogP contribution is -2.49. The molecule has 1 aliphatic heterocycles. The summed E-state index contributed by atoms with van der Waals surface area (Å²) in [4.78, 5) is 2.17. The molecule has 2 rings (SSSR count). The van der Waals surface area contributed by atoms with E-state index in [2.05, 4.69) is 10.00 Å². The smallest absolute Gasteiger partial charge is 0.260 e. The molecule has 6 nitrogen and oxygen atoms in total. The summed E-state index contributed by atoms with van der Waals surface area (Å²) in [5.41, 5.74) is 0. The maximum Gasteiger partial charge on any atom is 0.260 e. The third-order valence-corrected chi connectivity index (χ3v) is 5.26. The summed E-state index contributed by atoms with van der Waals surface area (Å²) in [5, 5.41) is 4.15. The maximum absolute atomic E-state index is 12.4. The van der Waals surface area contributed by atoms with Crippen molar-refractivity contribution in [2.75, 3.05) is 38.6 Å². The minimum atomic E-state index is -3.41. The van der Waals surface area contributed by atoms with Crippen LogP contribution < -0.4 is 0 Å². The number of aromatic nitrogens is 2. The molecule has 2 heterocycles. The highest BCUT2D eigenvalue weighted by Crippen LogP contribution is 2.16. The second kappa shape index (κ2) is 5.56. The molecular formula is C10H17ClN4O2S. The second-order valence-corrected chi connectivity index (χ2v) is 6.49. The zero-order chi connectivity index (χ0) is 13.2. The lowest BCUT2D eigenvalue weighted by Gasteiger charge is -2.33. The number of hydrogen-bond acceptors (Lipinski definition) is 4. The van der Waals surface area contributed by atoms with Crippen molar-refractivity contribution in [3.63, 3.8) is 0 Å². The predicted molar refractivity (Wildman–Crippen MR) is 69.1 cm³/mol. The first-order valence-corrected chi connectivity index (χ1v) is 7.79. The molecular weight excluding hydrogens is 276 g/mol. The van der Waals surface area contributed by atoms with Crippen molar-refractivity contribution in [3.8, 4) is 0 Å². The first-order valence-electron chi connectivity index (χ1n) is 5.82. The van der Waals surface area contributed by atoms with Gasteiger partial charge < -0.3 is 0 Å². The van der Waals surface area contributed by atoms with E-state index in [4.69, 9.17) is 11.6 Å². The molecule has 0 N–H and O–H groups in total. The van der Waals surface area contributed by atoms with E-state index in [0.29, 0.717) is 19.0 Å². The average Bonchev–Trinajstić information content (AvgIpc) is 2.77. The normalized spacial score (nSPS) is 19.2. The Labute approximate surface area is 112 Å². The van der Waals surface area contributed by atoms with E-state index in [-0.39, 0.29) is 5.03 Å². The minimum Gasteiger partial charge on any atom is -0.300 e. The van der Waals surface area contributed by atoms with Gasteiger partial charge in [0.2, 0.25) is 0 Å². The van der Waals surface area contributed by atoms with Gasteiger partial charge in [-0.3, -0.25) is 9.58 Å². The van der Waals surface area contributed by atoms with Gasteiger partial charge in [0, 0.05) is 45.7 Å². The van der Waals surface area contributed by atoms with Crippen LogP contribution in [-0.4, -0.2) is 66.0 Å². The SMILES string of the molecule is Cn1nccc1S(=O)(=O)N1CCN(CCCl)CC1. The van der Waals surface area contributed by atoms with E-state index in [9.17, 15) is 8.42 Å². The monoisotopic (exact) mass is 292 g/mol. The van der Waals surface area contributed by atoms with Crippen LogP contribution in [0.3, 0.4) is 0 Å². The minimum absolute atomic E-state index is 0.244. The molecule has 0 saturated carbocycles. The van der Waals surface area contributed by atoms with Crippen LogP contribution >= 0.6 is 11.6 Å². The first kappa shape index (κ1) is 13.8. The van der Waals surface area contributed by atoms with Crippen LogP contribution in [0.2, 0.25) is 0 Å². The molecule has 0 atom stereocenters. The Kier molecular flexibility index (Phi) is 4.26. The Bertz CT molecular complexity index is 494. The van der Waals surface area contributed by atoms with Gasteiger partial charge in [0.25, 0.3) is 10.0 Å². The molecule has 1 saturated heterocycles. The van der Waals surface area contributed by atoms with E-state index >= 15 is 0 Å². The van der Waals surface area contributed by atoms with E-state index in [1.54, 1.807) is 7.05 Å². The van der Waals surface area contributed by atoms with Gasteiger partial charge >= 0.3 is 0 Å². The average molecular weight is 293 g/mol. The molecule has 0 amide bonds. The Hall–Kier alpha value is -0.630. The summed E-state index contributed by atoms with van der Waals surface area (Å²) in [7, 11) is -1.78. The number of halogens is 1. The second-order valence-electron chi connectivity index (χ2n) is 4.23. The van der Waals surface area contributed by atoms with Gasteiger partial charge in [-0.25, -0.2) is 8.42 Å². The largest absolute Gasteiger partial charge is 0.300 e. The Morgan fingerprint density at radius 3 is 2.50 bits per heavy atom. The van der Waals surface area contributed by atoms with E-state index in [1.165, 1.54) is 21.3 Å². The molecule has 0 spiro atoms. The molecule has 1 aromatic heterocycles. The van der Waals surface area contributed by atoms with E-state index in [0.717, 1.165) is 19.6 Å². The molecule has 0 radical (unpaired) electrons. The van der Waals surface area contributed by atoms with Crippen LogP contribution in [0.15, 0.2) is 17.3 Å². The van der Waals surface area contributed by atoms with Crippen molar-refractivity contribution in [2.24, 2.45) is 7.05 Å². The van der Waals surface area contributed by atoms with Crippen molar-refractivity contribution in [3.05, 3.63) is 12.3 Å². The van der Waals surface area contributed by atoms with Crippen LogP contribution in [0.4, 0.5) is 0 Å². The van der Waals surface area contributed by atoms with Gasteiger partial charge in [0.1, 0.15) is 0 Å². The summed E-state index contributed by atoms with van der Waals surface area (Å²) in [5.74, 6) is 0.578. The van der Waals surface area contributed by atoms with Gasteiger partial charge in [0.05, 0.1) is 6.20 Å². The van der Waals surface area contributed by atoms with Crippen molar-refractivity contribution in [2.45, 2.75) is 5.03 Å².